The Balaban J connectivity index is 1.54. The van der Waals surface area contributed by atoms with Crippen LogP contribution in [0.15, 0.2) is 42.7 Å². The Bertz CT molecular complexity index is 1400. The number of alkyl halides is 6. The average molecular weight is 651 g/mol. The Labute approximate surface area is 265 Å². The number of hydrogen-bond acceptors (Lipinski definition) is 7. The van der Waals surface area contributed by atoms with Crippen molar-refractivity contribution in [3.05, 3.63) is 65.1 Å². The van der Waals surface area contributed by atoms with Gasteiger partial charge in [0.05, 0.1) is 54.2 Å². The lowest BCUT2D eigenvalue weighted by Gasteiger charge is -2.31. The molecule has 1 aliphatic carbocycles. The van der Waals surface area contributed by atoms with Crippen LogP contribution in [0.3, 0.4) is 0 Å². The number of halogens is 6. The minimum absolute atomic E-state index is 0.0222. The van der Waals surface area contributed by atoms with E-state index in [0.717, 1.165) is 75.2 Å². The van der Waals surface area contributed by atoms with Gasteiger partial charge < -0.3 is 19.4 Å². The van der Waals surface area contributed by atoms with Gasteiger partial charge in [0, 0.05) is 38.8 Å². The van der Waals surface area contributed by atoms with Crippen LogP contribution in [0.5, 0.6) is 5.88 Å². The minimum atomic E-state index is -4.96. The van der Waals surface area contributed by atoms with Gasteiger partial charge in [0.15, 0.2) is 0 Å². The van der Waals surface area contributed by atoms with E-state index in [1.54, 1.807) is 23.4 Å². The van der Waals surface area contributed by atoms with Crippen LogP contribution < -0.4 is 19.4 Å². The van der Waals surface area contributed by atoms with Crippen LogP contribution in [0.1, 0.15) is 74.3 Å². The number of ether oxygens (including phenoxy) is 1. The van der Waals surface area contributed by atoms with Crippen molar-refractivity contribution in [2.75, 3.05) is 48.0 Å². The number of anilines is 3. The average Bonchev–Trinajstić information content (AvgIpc) is 3.56. The molecule has 2 aromatic heterocycles. The fourth-order valence-electron chi connectivity index (χ4n) is 6.40. The molecule has 7 nitrogen and oxygen atoms in total. The van der Waals surface area contributed by atoms with Gasteiger partial charge in [-0.1, -0.05) is 12.8 Å². The van der Waals surface area contributed by atoms with Crippen molar-refractivity contribution in [2.24, 2.45) is 5.92 Å². The van der Waals surface area contributed by atoms with Gasteiger partial charge >= 0.3 is 12.4 Å². The number of piperidine rings is 1. The summed E-state index contributed by atoms with van der Waals surface area (Å²) in [5.74, 6) is 1.04. The molecule has 1 saturated heterocycles. The second-order valence-corrected chi connectivity index (χ2v) is 12.1. The van der Waals surface area contributed by atoms with E-state index in [0.29, 0.717) is 24.0 Å². The van der Waals surface area contributed by atoms with Crippen LogP contribution in [0.4, 0.5) is 43.7 Å². The van der Waals surface area contributed by atoms with E-state index in [2.05, 4.69) is 19.8 Å². The Kier molecular flexibility index (Phi) is 10.5. The van der Waals surface area contributed by atoms with Gasteiger partial charge in [-0.15, -0.1) is 0 Å². The molecule has 1 aliphatic heterocycles. The molecule has 0 spiro atoms. The summed E-state index contributed by atoms with van der Waals surface area (Å²) >= 11 is 0. The van der Waals surface area contributed by atoms with Crippen molar-refractivity contribution in [1.29, 1.82) is 0 Å². The van der Waals surface area contributed by atoms with Gasteiger partial charge in [-0.25, -0.2) is 15.0 Å². The normalized spacial score (nSPS) is 16.1. The molecule has 0 unspecified atom stereocenters. The van der Waals surface area contributed by atoms with Crippen LogP contribution in [-0.2, 0) is 25.4 Å². The zero-order valence-corrected chi connectivity index (χ0v) is 26.2. The molecule has 46 heavy (non-hydrogen) atoms. The second kappa shape index (κ2) is 14.3. The molecule has 1 saturated carbocycles. The highest BCUT2D eigenvalue weighted by Crippen LogP contribution is 2.37. The fourth-order valence-corrected chi connectivity index (χ4v) is 6.40. The van der Waals surface area contributed by atoms with Crippen LogP contribution in [0.2, 0.25) is 0 Å². The molecule has 0 amide bonds. The van der Waals surface area contributed by atoms with E-state index >= 15 is 0 Å². The molecule has 2 fully saturated rings. The van der Waals surface area contributed by atoms with Crippen molar-refractivity contribution >= 4 is 17.3 Å². The number of benzene rings is 1. The maximum Gasteiger partial charge on any atom is 0.416 e. The maximum atomic E-state index is 13.8. The van der Waals surface area contributed by atoms with Gasteiger partial charge in [-0.2, -0.15) is 26.3 Å². The topological polar surface area (TPSA) is 57.6 Å². The van der Waals surface area contributed by atoms with E-state index in [4.69, 9.17) is 9.72 Å². The molecule has 3 aromatic rings. The van der Waals surface area contributed by atoms with Crippen molar-refractivity contribution in [1.82, 2.24) is 15.0 Å². The lowest BCUT2D eigenvalue weighted by molar-refractivity contribution is -0.143. The Hall–Kier alpha value is -3.77. The molecule has 0 N–H and O–H groups in total. The first-order chi connectivity index (χ1) is 21.9. The summed E-state index contributed by atoms with van der Waals surface area (Å²) in [6.45, 7) is 4.99. The van der Waals surface area contributed by atoms with E-state index in [-0.39, 0.29) is 30.7 Å². The number of hydrogen-bond donors (Lipinski definition) is 0. The van der Waals surface area contributed by atoms with E-state index in [1.165, 1.54) is 20.0 Å². The van der Waals surface area contributed by atoms with Crippen LogP contribution in [-0.4, -0.2) is 48.2 Å². The lowest BCUT2D eigenvalue weighted by Crippen LogP contribution is -2.32. The first-order valence-electron chi connectivity index (χ1n) is 15.8. The summed E-state index contributed by atoms with van der Waals surface area (Å²) in [5.41, 5.74) is -0.708. The minimum Gasteiger partial charge on any atom is -0.481 e. The SMILES string of the molecule is CCN(CC1CCCC1)c1ccc(OC)nc1CN(Cc1cc(C(F)(F)F)cc(C(F)(F)F)c1)c1ncc(N2CCCCC2)cn1. The third-order valence-corrected chi connectivity index (χ3v) is 8.80. The molecule has 250 valence electrons. The van der Waals surface area contributed by atoms with Crippen LogP contribution in [0.25, 0.3) is 0 Å². The smallest absolute Gasteiger partial charge is 0.416 e. The molecule has 0 radical (unpaired) electrons. The third kappa shape index (κ3) is 8.33. The number of nitrogens with zero attached hydrogens (tertiary/aromatic N) is 6. The van der Waals surface area contributed by atoms with Crippen molar-refractivity contribution < 1.29 is 31.1 Å². The maximum absolute atomic E-state index is 13.8. The summed E-state index contributed by atoms with van der Waals surface area (Å²) in [6.07, 6.45) is 1.27. The molecule has 5 rings (SSSR count). The number of methoxy groups -OCH3 is 1. The highest BCUT2D eigenvalue weighted by molar-refractivity contribution is 5.54. The fraction of sp³-hybridized carbons (Fsp3) is 0.545. The van der Waals surface area contributed by atoms with Crippen molar-refractivity contribution in [3.8, 4) is 5.88 Å². The van der Waals surface area contributed by atoms with Crippen LogP contribution in [0, 0.1) is 5.92 Å². The highest BCUT2D eigenvalue weighted by Gasteiger charge is 2.37. The molecule has 0 bridgehead atoms. The predicted octanol–water partition coefficient (Wildman–Crippen LogP) is 8.13. The monoisotopic (exact) mass is 650 g/mol. The first kappa shape index (κ1) is 33.6. The third-order valence-electron chi connectivity index (χ3n) is 8.80. The molecular formula is C33H40F6N6O. The number of pyridine rings is 1. The Morgan fingerprint density at radius 1 is 0.826 bits per heavy atom. The van der Waals surface area contributed by atoms with Gasteiger partial charge in [0.2, 0.25) is 11.8 Å². The number of aromatic nitrogens is 3. The summed E-state index contributed by atoms with van der Waals surface area (Å²) in [5, 5.41) is 0. The van der Waals surface area contributed by atoms with Gasteiger partial charge in [-0.3, -0.25) is 0 Å². The standard InChI is InChI=1S/C33H40F6N6O/c1-3-43(20-23-9-5-6-10-23)29-11-12-30(46-2)42-28(29)22-45(31-40-18-27(19-41-31)44-13-7-4-8-14-44)21-24-15-25(32(34,35)36)17-26(16-24)33(37,38)39/h11-12,15-19,23H,3-10,13-14,20-22H2,1-2H3. The summed E-state index contributed by atoms with van der Waals surface area (Å²) in [6, 6.07) is 5.31. The summed E-state index contributed by atoms with van der Waals surface area (Å²) in [7, 11) is 1.49. The molecule has 3 heterocycles. The van der Waals surface area contributed by atoms with Gasteiger partial charge in [0.1, 0.15) is 0 Å². The van der Waals surface area contributed by atoms with Gasteiger partial charge in [0.25, 0.3) is 0 Å². The molecule has 0 atom stereocenters. The zero-order valence-electron chi connectivity index (χ0n) is 26.2. The second-order valence-electron chi connectivity index (χ2n) is 12.1. The molecule has 2 aliphatic rings. The van der Waals surface area contributed by atoms with Crippen molar-refractivity contribution in [2.45, 2.75) is 77.3 Å². The summed E-state index contributed by atoms with van der Waals surface area (Å²) < 4.78 is 88.0. The van der Waals surface area contributed by atoms with E-state index < -0.39 is 23.5 Å². The quantitative estimate of drug-likeness (QED) is 0.194. The Morgan fingerprint density at radius 3 is 2.02 bits per heavy atom. The zero-order chi connectivity index (χ0) is 32.9. The molecular weight excluding hydrogens is 610 g/mol. The number of rotatable bonds is 11. The highest BCUT2D eigenvalue weighted by atomic mass is 19.4. The largest absolute Gasteiger partial charge is 0.481 e. The van der Waals surface area contributed by atoms with E-state index in [9.17, 15) is 26.3 Å². The molecule has 13 heteroatoms. The summed E-state index contributed by atoms with van der Waals surface area (Å²) in [4.78, 5) is 19.8. The molecule has 1 aromatic carbocycles. The van der Waals surface area contributed by atoms with Crippen molar-refractivity contribution in [3.63, 3.8) is 0 Å². The van der Waals surface area contributed by atoms with E-state index in [1.807, 2.05) is 13.0 Å². The van der Waals surface area contributed by atoms with Crippen LogP contribution >= 0.6 is 0 Å². The predicted molar refractivity (Wildman–Crippen MR) is 165 cm³/mol. The Morgan fingerprint density at radius 2 is 1.46 bits per heavy atom. The lowest BCUT2D eigenvalue weighted by atomic mass is 10.0. The first-order valence-corrected chi connectivity index (χ1v) is 15.8. The van der Waals surface area contributed by atoms with Gasteiger partial charge in [-0.05, 0) is 74.8 Å².